The lowest BCUT2D eigenvalue weighted by Gasteiger charge is -2.09. The van der Waals surface area contributed by atoms with Crippen LogP contribution in [0.1, 0.15) is 6.42 Å². The topological polar surface area (TPSA) is 47.0 Å². The summed E-state index contributed by atoms with van der Waals surface area (Å²) >= 11 is 5.64. The van der Waals surface area contributed by atoms with E-state index < -0.39 is 0 Å². The van der Waals surface area contributed by atoms with E-state index in [0.717, 1.165) is 19.5 Å². The number of hydrogen-bond donors (Lipinski definition) is 1. The van der Waals surface area contributed by atoms with E-state index in [9.17, 15) is 0 Å². The molecule has 0 bridgehead atoms. The van der Waals surface area contributed by atoms with Crippen molar-refractivity contribution in [2.75, 3.05) is 13.1 Å². The van der Waals surface area contributed by atoms with E-state index >= 15 is 0 Å². The Hall–Kier alpha value is -0.870. The molecule has 13 heavy (non-hydrogen) atoms. The van der Waals surface area contributed by atoms with Crippen molar-refractivity contribution in [1.29, 1.82) is 0 Å². The fourth-order valence-corrected chi connectivity index (χ4v) is 1.34. The second-order valence-electron chi connectivity index (χ2n) is 2.92. The zero-order valence-corrected chi connectivity index (χ0v) is 7.79. The van der Waals surface area contributed by atoms with Gasteiger partial charge in [0.1, 0.15) is 6.10 Å². The van der Waals surface area contributed by atoms with Crippen LogP contribution in [0.4, 0.5) is 0 Å². The first kappa shape index (κ1) is 8.72. The van der Waals surface area contributed by atoms with Gasteiger partial charge in [-0.15, -0.1) is 0 Å². The minimum absolute atomic E-state index is 0.196. The first-order valence-electron chi connectivity index (χ1n) is 4.19. The quantitative estimate of drug-likeness (QED) is 0.768. The number of halogens is 1. The minimum atomic E-state index is 0.196. The van der Waals surface area contributed by atoms with E-state index in [4.69, 9.17) is 16.3 Å². The fraction of sp³-hybridized carbons (Fsp3) is 0.500. The average Bonchev–Trinajstić information content (AvgIpc) is 2.62. The molecule has 0 saturated carbocycles. The van der Waals surface area contributed by atoms with E-state index in [1.165, 1.54) is 12.4 Å². The van der Waals surface area contributed by atoms with Crippen molar-refractivity contribution in [3.8, 4) is 6.01 Å². The summed E-state index contributed by atoms with van der Waals surface area (Å²) in [6, 6.07) is 0.401. The average molecular weight is 200 g/mol. The predicted molar refractivity (Wildman–Crippen MR) is 48.9 cm³/mol. The maximum Gasteiger partial charge on any atom is 0.316 e. The molecule has 1 aliphatic rings. The van der Waals surface area contributed by atoms with Gasteiger partial charge in [0.15, 0.2) is 0 Å². The van der Waals surface area contributed by atoms with Crippen LogP contribution in [-0.4, -0.2) is 29.2 Å². The van der Waals surface area contributed by atoms with Crippen LogP contribution in [0.5, 0.6) is 6.01 Å². The minimum Gasteiger partial charge on any atom is -0.459 e. The third-order valence-corrected chi connectivity index (χ3v) is 2.08. The summed E-state index contributed by atoms with van der Waals surface area (Å²) in [6.45, 7) is 1.87. The van der Waals surface area contributed by atoms with Gasteiger partial charge in [-0.25, -0.2) is 9.97 Å². The van der Waals surface area contributed by atoms with Crippen molar-refractivity contribution in [3.63, 3.8) is 0 Å². The molecular weight excluding hydrogens is 190 g/mol. The van der Waals surface area contributed by atoms with Crippen molar-refractivity contribution < 1.29 is 4.74 Å². The summed E-state index contributed by atoms with van der Waals surface area (Å²) in [7, 11) is 0. The Morgan fingerprint density at radius 1 is 1.46 bits per heavy atom. The van der Waals surface area contributed by atoms with Gasteiger partial charge in [-0.05, 0) is 13.0 Å². The fourth-order valence-electron chi connectivity index (χ4n) is 1.24. The monoisotopic (exact) mass is 199 g/mol. The highest BCUT2D eigenvalue weighted by atomic mass is 35.5. The van der Waals surface area contributed by atoms with Crippen molar-refractivity contribution in [1.82, 2.24) is 15.3 Å². The number of nitrogens with one attached hydrogen (secondary N) is 1. The summed E-state index contributed by atoms with van der Waals surface area (Å²) in [5.41, 5.74) is 0. The Morgan fingerprint density at radius 2 is 2.23 bits per heavy atom. The van der Waals surface area contributed by atoms with Crippen LogP contribution >= 0.6 is 11.6 Å². The molecule has 1 atom stereocenters. The van der Waals surface area contributed by atoms with Gasteiger partial charge in [0, 0.05) is 6.54 Å². The van der Waals surface area contributed by atoms with E-state index in [1.807, 2.05) is 0 Å². The van der Waals surface area contributed by atoms with Gasteiger partial charge in [0.05, 0.1) is 17.4 Å². The third kappa shape index (κ3) is 2.29. The van der Waals surface area contributed by atoms with E-state index in [0.29, 0.717) is 11.0 Å². The van der Waals surface area contributed by atoms with Crippen LogP contribution in [0.15, 0.2) is 12.4 Å². The van der Waals surface area contributed by atoms with Crippen LogP contribution < -0.4 is 10.1 Å². The molecule has 1 aromatic heterocycles. The molecule has 2 heterocycles. The van der Waals surface area contributed by atoms with E-state index in [1.54, 1.807) is 0 Å². The Morgan fingerprint density at radius 3 is 2.85 bits per heavy atom. The molecule has 1 N–H and O–H groups in total. The Balaban J connectivity index is 1.97. The molecule has 1 aromatic rings. The largest absolute Gasteiger partial charge is 0.459 e. The molecule has 0 aromatic carbocycles. The molecule has 0 amide bonds. The number of hydrogen-bond acceptors (Lipinski definition) is 4. The standard InChI is InChI=1S/C8H10ClN3O/c9-6-3-11-8(12-4-6)13-7-1-2-10-5-7/h3-4,7,10H,1-2,5H2. The zero-order chi connectivity index (χ0) is 9.10. The lowest BCUT2D eigenvalue weighted by Crippen LogP contribution is -2.20. The first-order chi connectivity index (χ1) is 6.34. The van der Waals surface area contributed by atoms with Crippen molar-refractivity contribution >= 4 is 11.6 Å². The molecule has 0 radical (unpaired) electrons. The lowest BCUT2D eigenvalue weighted by molar-refractivity contribution is 0.204. The molecular formula is C8H10ClN3O. The summed E-state index contributed by atoms with van der Waals surface area (Å²) in [6.07, 6.45) is 4.27. The maximum atomic E-state index is 5.64. The maximum absolute atomic E-state index is 5.64. The highest BCUT2D eigenvalue weighted by Gasteiger charge is 2.16. The van der Waals surface area contributed by atoms with Crippen LogP contribution in [0.25, 0.3) is 0 Å². The van der Waals surface area contributed by atoms with Crippen LogP contribution in [0.3, 0.4) is 0 Å². The normalized spacial score (nSPS) is 21.8. The molecule has 1 fully saturated rings. The third-order valence-electron chi connectivity index (χ3n) is 1.88. The highest BCUT2D eigenvalue weighted by molar-refractivity contribution is 6.30. The number of rotatable bonds is 2. The van der Waals surface area contributed by atoms with Gasteiger partial charge in [0.25, 0.3) is 0 Å². The van der Waals surface area contributed by atoms with Gasteiger partial charge in [-0.1, -0.05) is 11.6 Å². The molecule has 1 unspecified atom stereocenters. The summed E-state index contributed by atoms with van der Waals surface area (Å²) in [4.78, 5) is 7.90. The SMILES string of the molecule is Clc1cnc(OC2CCNC2)nc1. The number of nitrogens with zero attached hydrogens (tertiary/aromatic N) is 2. The molecule has 5 heteroatoms. The second-order valence-corrected chi connectivity index (χ2v) is 3.35. The molecule has 2 rings (SSSR count). The van der Waals surface area contributed by atoms with Gasteiger partial charge in [0.2, 0.25) is 0 Å². The van der Waals surface area contributed by atoms with Crippen molar-refractivity contribution in [3.05, 3.63) is 17.4 Å². The second kappa shape index (κ2) is 3.89. The smallest absolute Gasteiger partial charge is 0.316 e. The highest BCUT2D eigenvalue weighted by Crippen LogP contribution is 2.11. The van der Waals surface area contributed by atoms with Crippen LogP contribution in [0, 0.1) is 0 Å². The summed E-state index contributed by atoms with van der Waals surface area (Å²) in [5.74, 6) is 0. The van der Waals surface area contributed by atoms with Crippen molar-refractivity contribution in [2.45, 2.75) is 12.5 Å². The molecule has 4 nitrogen and oxygen atoms in total. The van der Waals surface area contributed by atoms with Gasteiger partial charge in [-0.3, -0.25) is 0 Å². The number of aromatic nitrogens is 2. The molecule has 70 valence electrons. The predicted octanol–water partition coefficient (Wildman–Crippen LogP) is 0.871. The molecule has 0 aliphatic carbocycles. The molecule has 1 aliphatic heterocycles. The van der Waals surface area contributed by atoms with E-state index in [-0.39, 0.29) is 6.10 Å². The first-order valence-corrected chi connectivity index (χ1v) is 4.57. The van der Waals surface area contributed by atoms with E-state index in [2.05, 4.69) is 15.3 Å². The summed E-state index contributed by atoms with van der Waals surface area (Å²) < 4.78 is 5.49. The van der Waals surface area contributed by atoms with Crippen molar-refractivity contribution in [2.24, 2.45) is 0 Å². The Kier molecular flexibility index (Phi) is 2.61. The van der Waals surface area contributed by atoms with Gasteiger partial charge >= 0.3 is 6.01 Å². The zero-order valence-electron chi connectivity index (χ0n) is 7.03. The van der Waals surface area contributed by atoms with Crippen LogP contribution in [0.2, 0.25) is 5.02 Å². The summed E-state index contributed by atoms with van der Waals surface area (Å²) in [5, 5.41) is 3.72. The lowest BCUT2D eigenvalue weighted by atomic mass is 10.3. The number of ether oxygens (including phenoxy) is 1. The van der Waals surface area contributed by atoms with Gasteiger partial charge < -0.3 is 10.1 Å². The molecule has 0 spiro atoms. The Bertz CT molecular complexity index is 271. The molecule has 1 saturated heterocycles. The van der Waals surface area contributed by atoms with Gasteiger partial charge in [-0.2, -0.15) is 0 Å². The Labute approximate surface area is 81.3 Å². The van der Waals surface area contributed by atoms with Crippen LogP contribution in [-0.2, 0) is 0 Å².